The summed E-state index contributed by atoms with van der Waals surface area (Å²) in [5, 5.41) is 81.3. The average molecular weight is 456 g/mol. The van der Waals surface area contributed by atoms with Gasteiger partial charge in [-0.05, 0) is 20.8 Å². The number of ether oxygens (including phenoxy) is 5. The molecule has 0 amide bonds. The van der Waals surface area contributed by atoms with Crippen LogP contribution in [0.3, 0.4) is 0 Å². The smallest absolute Gasteiger partial charge is 0.187 e. The van der Waals surface area contributed by atoms with E-state index in [1.165, 1.54) is 20.8 Å². The minimum Gasteiger partial charge on any atom is -0.388 e. The standard InChI is InChI=1S/C18H32O13/c1-4-8(20)11(23)15(16(26)27-4)31-18-13(25)14(9(21)6(3)29-18)30-17-12(24)10(22)7(19)5(2)28-17/h4-26H,1-3H3/t4-,5-,6-,7-,8-,9-,10+,11+,12+,13+,14+,15+,16+,17-,18-/m0/s1. The third-order valence-corrected chi connectivity index (χ3v) is 5.98. The first-order valence-electron chi connectivity index (χ1n) is 10.2. The van der Waals surface area contributed by atoms with E-state index >= 15 is 0 Å². The lowest BCUT2D eigenvalue weighted by Crippen LogP contribution is -2.65. The van der Waals surface area contributed by atoms with E-state index in [-0.39, 0.29) is 0 Å². The summed E-state index contributed by atoms with van der Waals surface area (Å²) in [7, 11) is 0. The van der Waals surface area contributed by atoms with E-state index in [4.69, 9.17) is 23.7 Å². The predicted octanol–water partition coefficient (Wildman–Crippen LogP) is -4.49. The Labute approximate surface area is 178 Å². The maximum atomic E-state index is 10.7. The SMILES string of the molecule is C[C@@H]1O[C@@H](O[C@@H]2[C@@H](O)[C@H](C)O[C@@H](O[C@@H]3[C@H](O)[C@@H](O)[C@H](C)O[C@H]3O)[C@@H]2O)[C@H](O)[C@H](O)[C@H]1O. The van der Waals surface area contributed by atoms with Gasteiger partial charge in [-0.3, -0.25) is 0 Å². The molecule has 13 heteroatoms. The van der Waals surface area contributed by atoms with Crippen LogP contribution >= 0.6 is 0 Å². The molecular weight excluding hydrogens is 424 g/mol. The Morgan fingerprint density at radius 1 is 0.452 bits per heavy atom. The van der Waals surface area contributed by atoms with Crippen LogP contribution in [0, 0.1) is 0 Å². The molecule has 0 aromatic rings. The van der Waals surface area contributed by atoms with Crippen molar-refractivity contribution in [3.63, 3.8) is 0 Å². The van der Waals surface area contributed by atoms with E-state index in [0.717, 1.165) is 0 Å². The van der Waals surface area contributed by atoms with Crippen molar-refractivity contribution in [3.05, 3.63) is 0 Å². The summed E-state index contributed by atoms with van der Waals surface area (Å²) in [6.07, 6.45) is -21.0. The second kappa shape index (κ2) is 9.77. The first-order valence-corrected chi connectivity index (χ1v) is 10.2. The van der Waals surface area contributed by atoms with Crippen LogP contribution in [-0.2, 0) is 23.7 Å². The highest BCUT2D eigenvalue weighted by Crippen LogP contribution is 2.31. The second-order valence-corrected chi connectivity index (χ2v) is 8.29. The fourth-order valence-corrected chi connectivity index (χ4v) is 3.87. The van der Waals surface area contributed by atoms with Crippen molar-refractivity contribution in [2.24, 2.45) is 0 Å². The van der Waals surface area contributed by atoms with Crippen LogP contribution in [0.25, 0.3) is 0 Å². The quantitative estimate of drug-likeness (QED) is 0.201. The molecular formula is C18H32O13. The Hall–Kier alpha value is -0.520. The molecule has 3 fully saturated rings. The Morgan fingerprint density at radius 2 is 0.903 bits per heavy atom. The van der Waals surface area contributed by atoms with Crippen LogP contribution in [-0.4, -0.2) is 133 Å². The van der Waals surface area contributed by atoms with E-state index in [1.807, 2.05) is 0 Å². The monoisotopic (exact) mass is 456 g/mol. The summed E-state index contributed by atoms with van der Waals surface area (Å²) in [5.41, 5.74) is 0. The lowest BCUT2D eigenvalue weighted by atomic mass is 9.97. The Bertz CT molecular complexity index is 595. The minimum atomic E-state index is -1.70. The summed E-state index contributed by atoms with van der Waals surface area (Å²) in [4.78, 5) is 0. The highest BCUT2D eigenvalue weighted by atomic mass is 16.7. The first kappa shape index (κ1) is 25.1. The fourth-order valence-electron chi connectivity index (χ4n) is 3.87. The number of hydrogen-bond acceptors (Lipinski definition) is 13. The molecule has 3 rings (SSSR count). The third kappa shape index (κ3) is 4.89. The Morgan fingerprint density at radius 3 is 1.52 bits per heavy atom. The third-order valence-electron chi connectivity index (χ3n) is 5.98. The molecule has 0 aromatic carbocycles. The molecule has 0 spiro atoms. The van der Waals surface area contributed by atoms with Crippen LogP contribution in [0.15, 0.2) is 0 Å². The van der Waals surface area contributed by atoms with Crippen LogP contribution in [0.5, 0.6) is 0 Å². The predicted molar refractivity (Wildman–Crippen MR) is 97.0 cm³/mol. The van der Waals surface area contributed by atoms with Crippen LogP contribution in [0.1, 0.15) is 20.8 Å². The van der Waals surface area contributed by atoms with Crippen molar-refractivity contribution >= 4 is 0 Å². The van der Waals surface area contributed by atoms with Gasteiger partial charge in [0.2, 0.25) is 0 Å². The van der Waals surface area contributed by atoms with Crippen molar-refractivity contribution in [2.45, 2.75) is 113 Å². The lowest BCUT2D eigenvalue weighted by molar-refractivity contribution is -0.377. The molecule has 3 aliphatic rings. The zero-order chi connectivity index (χ0) is 23.2. The van der Waals surface area contributed by atoms with Crippen molar-refractivity contribution in [1.29, 1.82) is 0 Å². The van der Waals surface area contributed by atoms with Gasteiger partial charge in [-0.1, -0.05) is 0 Å². The molecule has 15 atom stereocenters. The molecule has 0 bridgehead atoms. The molecule has 0 aliphatic carbocycles. The lowest BCUT2D eigenvalue weighted by Gasteiger charge is -2.47. The molecule has 3 aliphatic heterocycles. The highest BCUT2D eigenvalue weighted by molar-refractivity contribution is 4.94. The van der Waals surface area contributed by atoms with E-state index in [9.17, 15) is 40.9 Å². The normalized spacial score (nSPS) is 56.4. The van der Waals surface area contributed by atoms with Gasteiger partial charge in [0.15, 0.2) is 18.9 Å². The summed E-state index contributed by atoms with van der Waals surface area (Å²) < 4.78 is 26.9. The number of aliphatic hydroxyl groups excluding tert-OH is 8. The van der Waals surface area contributed by atoms with Gasteiger partial charge in [0.25, 0.3) is 0 Å². The molecule has 31 heavy (non-hydrogen) atoms. The second-order valence-electron chi connectivity index (χ2n) is 8.29. The number of hydrogen-bond donors (Lipinski definition) is 8. The van der Waals surface area contributed by atoms with Crippen LogP contribution < -0.4 is 0 Å². The van der Waals surface area contributed by atoms with E-state index in [0.29, 0.717) is 0 Å². The van der Waals surface area contributed by atoms with Gasteiger partial charge in [-0.25, -0.2) is 0 Å². The average Bonchev–Trinajstić information content (AvgIpc) is 2.72. The molecule has 3 heterocycles. The maximum Gasteiger partial charge on any atom is 0.187 e. The van der Waals surface area contributed by atoms with Gasteiger partial charge in [-0.15, -0.1) is 0 Å². The number of rotatable bonds is 4. The molecule has 0 unspecified atom stereocenters. The summed E-state index contributed by atoms with van der Waals surface area (Å²) in [5.74, 6) is 0. The zero-order valence-corrected chi connectivity index (χ0v) is 17.3. The van der Waals surface area contributed by atoms with Gasteiger partial charge in [0.05, 0.1) is 18.3 Å². The largest absolute Gasteiger partial charge is 0.388 e. The van der Waals surface area contributed by atoms with E-state index in [2.05, 4.69) is 0 Å². The molecule has 0 radical (unpaired) electrons. The van der Waals surface area contributed by atoms with Gasteiger partial charge in [0.1, 0.15) is 54.9 Å². The topological polar surface area (TPSA) is 208 Å². The van der Waals surface area contributed by atoms with Gasteiger partial charge < -0.3 is 64.5 Å². The highest BCUT2D eigenvalue weighted by Gasteiger charge is 2.52. The minimum absolute atomic E-state index is 0.868. The summed E-state index contributed by atoms with van der Waals surface area (Å²) in [6, 6.07) is 0. The fraction of sp³-hybridized carbons (Fsp3) is 1.00. The Balaban J connectivity index is 1.72. The van der Waals surface area contributed by atoms with Crippen LogP contribution in [0.4, 0.5) is 0 Å². The first-order chi connectivity index (χ1) is 14.4. The number of aliphatic hydroxyl groups is 8. The van der Waals surface area contributed by atoms with Gasteiger partial charge >= 0.3 is 0 Å². The van der Waals surface area contributed by atoms with Crippen molar-refractivity contribution in [2.75, 3.05) is 0 Å². The molecule has 8 N–H and O–H groups in total. The summed E-state index contributed by atoms with van der Waals surface area (Å²) >= 11 is 0. The van der Waals surface area contributed by atoms with Crippen molar-refractivity contribution in [1.82, 2.24) is 0 Å². The molecule has 0 aromatic heterocycles. The Kier molecular flexibility index (Phi) is 7.91. The van der Waals surface area contributed by atoms with Crippen LogP contribution in [0.2, 0.25) is 0 Å². The molecule has 182 valence electrons. The zero-order valence-electron chi connectivity index (χ0n) is 17.3. The molecule has 0 saturated carbocycles. The van der Waals surface area contributed by atoms with E-state index < -0.39 is 92.1 Å². The molecule has 3 saturated heterocycles. The maximum absolute atomic E-state index is 10.7. The summed E-state index contributed by atoms with van der Waals surface area (Å²) in [6.45, 7) is 4.34. The molecule has 13 nitrogen and oxygen atoms in total. The van der Waals surface area contributed by atoms with Gasteiger partial charge in [0, 0.05) is 0 Å². The van der Waals surface area contributed by atoms with Crippen molar-refractivity contribution < 1.29 is 64.5 Å². The van der Waals surface area contributed by atoms with Crippen molar-refractivity contribution in [3.8, 4) is 0 Å². The van der Waals surface area contributed by atoms with E-state index in [1.54, 1.807) is 0 Å². The van der Waals surface area contributed by atoms with Gasteiger partial charge in [-0.2, -0.15) is 0 Å².